The first-order valence-electron chi connectivity index (χ1n) is 5.02. The maximum Gasteiger partial charge on any atom is 0.238 e. The molecule has 0 aromatic carbocycles. The van der Waals surface area contributed by atoms with Gasteiger partial charge in [-0.25, -0.2) is 0 Å². The Hall–Kier alpha value is -1.01. The van der Waals surface area contributed by atoms with Crippen molar-refractivity contribution in [3.05, 3.63) is 0 Å². The first-order valence-corrected chi connectivity index (χ1v) is 5.02. The Labute approximate surface area is 86.4 Å². The van der Waals surface area contributed by atoms with E-state index in [9.17, 15) is 4.79 Å². The molecule has 3 N–H and O–H groups in total. The number of nitrogens with two attached hydrogens (primary N) is 1. The van der Waals surface area contributed by atoms with E-state index in [1.807, 2.05) is 6.92 Å². The maximum atomic E-state index is 11.4. The lowest BCUT2D eigenvalue weighted by Crippen LogP contribution is -2.46. The molecule has 80 valence electrons. The predicted octanol–water partition coefficient (Wildman–Crippen LogP) is 0.888. The van der Waals surface area contributed by atoms with Crippen LogP contribution in [0.1, 0.15) is 33.6 Å². The summed E-state index contributed by atoms with van der Waals surface area (Å²) in [4.78, 5) is 11.4. The van der Waals surface area contributed by atoms with Crippen molar-refractivity contribution in [2.24, 2.45) is 11.7 Å². The predicted molar refractivity (Wildman–Crippen MR) is 58.5 cm³/mol. The highest BCUT2D eigenvalue weighted by Gasteiger charge is 2.17. The van der Waals surface area contributed by atoms with Crippen LogP contribution in [-0.2, 0) is 4.79 Å². The van der Waals surface area contributed by atoms with Gasteiger partial charge in [-0.3, -0.25) is 4.79 Å². The summed E-state index contributed by atoms with van der Waals surface area (Å²) in [5, 5.41) is 2.86. The molecule has 0 aliphatic carbocycles. The Balaban J connectivity index is 4.00. The molecule has 3 nitrogen and oxygen atoms in total. The smallest absolute Gasteiger partial charge is 0.238 e. The van der Waals surface area contributed by atoms with Crippen LogP contribution in [0.25, 0.3) is 0 Å². The molecule has 0 rings (SSSR count). The van der Waals surface area contributed by atoms with E-state index in [1.165, 1.54) is 0 Å². The minimum absolute atomic E-state index is 0.149. The summed E-state index contributed by atoms with van der Waals surface area (Å²) in [6.45, 7) is 6.17. The zero-order chi connectivity index (χ0) is 11.1. The van der Waals surface area contributed by atoms with Gasteiger partial charge in [0.1, 0.15) is 0 Å². The van der Waals surface area contributed by atoms with Gasteiger partial charge in [-0.15, -0.1) is 12.3 Å². The summed E-state index contributed by atoms with van der Waals surface area (Å²) >= 11 is 0. The number of amides is 1. The molecule has 0 aromatic rings. The quantitative estimate of drug-likeness (QED) is 0.642. The number of hydrogen-bond donors (Lipinski definition) is 2. The molecule has 0 heterocycles. The van der Waals surface area contributed by atoms with Gasteiger partial charge in [-0.2, -0.15) is 0 Å². The number of terminal acetylenes is 1. The first kappa shape index (κ1) is 13.0. The van der Waals surface area contributed by atoms with Gasteiger partial charge in [-0.05, 0) is 12.8 Å². The minimum atomic E-state index is -0.577. The molecule has 0 saturated carbocycles. The van der Waals surface area contributed by atoms with Gasteiger partial charge in [0.05, 0.1) is 6.04 Å². The lowest BCUT2D eigenvalue weighted by molar-refractivity contribution is -0.123. The Kier molecular flexibility index (Phi) is 5.98. The number of carbonyl (C=O) groups is 1. The Morgan fingerprint density at radius 3 is 2.57 bits per heavy atom. The number of hydrogen-bond acceptors (Lipinski definition) is 2. The monoisotopic (exact) mass is 196 g/mol. The molecule has 0 radical (unpaired) electrons. The van der Waals surface area contributed by atoms with Crippen molar-refractivity contribution in [1.82, 2.24) is 5.32 Å². The van der Waals surface area contributed by atoms with E-state index < -0.39 is 6.04 Å². The number of rotatable bonds is 5. The standard InChI is InChI=1S/C11H20N2O/c1-5-7-10(12)11(14)13-9(4)8(3)6-2/h1,8-10H,6-7,12H2,2-4H3,(H,13,14). The molecule has 1 amide bonds. The average molecular weight is 196 g/mol. The van der Waals surface area contributed by atoms with Crippen molar-refractivity contribution in [2.75, 3.05) is 0 Å². The fourth-order valence-corrected chi connectivity index (χ4v) is 1.05. The largest absolute Gasteiger partial charge is 0.352 e. The van der Waals surface area contributed by atoms with E-state index in [0.717, 1.165) is 6.42 Å². The van der Waals surface area contributed by atoms with Gasteiger partial charge >= 0.3 is 0 Å². The molecule has 0 aromatic heterocycles. The van der Waals surface area contributed by atoms with Gasteiger partial charge in [0.25, 0.3) is 0 Å². The van der Waals surface area contributed by atoms with Crippen LogP contribution in [0, 0.1) is 18.3 Å². The van der Waals surface area contributed by atoms with E-state index in [2.05, 4.69) is 25.1 Å². The third kappa shape index (κ3) is 4.29. The molecule has 0 aliphatic rings. The third-order valence-electron chi connectivity index (χ3n) is 2.54. The van der Waals surface area contributed by atoms with Crippen molar-refractivity contribution in [3.63, 3.8) is 0 Å². The molecule has 3 heteroatoms. The zero-order valence-corrected chi connectivity index (χ0v) is 9.21. The number of carbonyl (C=O) groups excluding carboxylic acids is 1. The lowest BCUT2D eigenvalue weighted by Gasteiger charge is -2.21. The highest BCUT2D eigenvalue weighted by Crippen LogP contribution is 2.06. The van der Waals surface area contributed by atoms with E-state index in [1.54, 1.807) is 0 Å². The second-order valence-electron chi connectivity index (χ2n) is 3.70. The van der Waals surface area contributed by atoms with E-state index >= 15 is 0 Å². The highest BCUT2D eigenvalue weighted by molar-refractivity contribution is 5.82. The number of nitrogens with one attached hydrogen (secondary N) is 1. The zero-order valence-electron chi connectivity index (χ0n) is 9.21. The van der Waals surface area contributed by atoms with Crippen LogP contribution in [0.3, 0.4) is 0 Å². The van der Waals surface area contributed by atoms with Crippen LogP contribution in [0.15, 0.2) is 0 Å². The van der Waals surface area contributed by atoms with Crippen LogP contribution in [0.5, 0.6) is 0 Å². The molecule has 3 unspecified atom stereocenters. The molecule has 0 bridgehead atoms. The fourth-order valence-electron chi connectivity index (χ4n) is 1.05. The topological polar surface area (TPSA) is 55.1 Å². The second kappa shape index (κ2) is 6.44. The van der Waals surface area contributed by atoms with Crippen molar-refractivity contribution in [1.29, 1.82) is 0 Å². The SMILES string of the molecule is C#CCC(N)C(=O)NC(C)C(C)CC. The molecule has 0 saturated heterocycles. The van der Waals surface area contributed by atoms with Crippen molar-refractivity contribution in [2.45, 2.75) is 45.7 Å². The van der Waals surface area contributed by atoms with Gasteiger partial charge in [-0.1, -0.05) is 20.3 Å². The lowest BCUT2D eigenvalue weighted by atomic mass is 10.0. The van der Waals surface area contributed by atoms with Crippen LogP contribution in [0.2, 0.25) is 0 Å². The summed E-state index contributed by atoms with van der Waals surface area (Å²) in [7, 11) is 0. The summed E-state index contributed by atoms with van der Waals surface area (Å²) in [5.74, 6) is 2.68. The molecule has 14 heavy (non-hydrogen) atoms. The molecule has 0 spiro atoms. The Bertz CT molecular complexity index is 220. The van der Waals surface area contributed by atoms with E-state index in [-0.39, 0.29) is 11.9 Å². The normalized spacial score (nSPS) is 16.5. The fraction of sp³-hybridized carbons (Fsp3) is 0.727. The van der Waals surface area contributed by atoms with E-state index in [4.69, 9.17) is 12.2 Å². The summed E-state index contributed by atoms with van der Waals surface area (Å²) in [6, 6.07) is -0.428. The summed E-state index contributed by atoms with van der Waals surface area (Å²) in [5.41, 5.74) is 5.56. The van der Waals surface area contributed by atoms with Crippen LogP contribution >= 0.6 is 0 Å². The van der Waals surface area contributed by atoms with Gasteiger partial charge < -0.3 is 11.1 Å². The average Bonchev–Trinajstić information content (AvgIpc) is 2.16. The van der Waals surface area contributed by atoms with Crippen molar-refractivity contribution >= 4 is 5.91 Å². The molecule has 0 aliphatic heterocycles. The Morgan fingerprint density at radius 2 is 2.14 bits per heavy atom. The van der Waals surface area contributed by atoms with Gasteiger partial charge in [0.15, 0.2) is 0 Å². The van der Waals surface area contributed by atoms with Crippen LogP contribution in [0.4, 0.5) is 0 Å². The molecule has 3 atom stereocenters. The van der Waals surface area contributed by atoms with Crippen LogP contribution in [-0.4, -0.2) is 18.0 Å². The Morgan fingerprint density at radius 1 is 1.57 bits per heavy atom. The molecular weight excluding hydrogens is 176 g/mol. The van der Waals surface area contributed by atoms with Crippen molar-refractivity contribution in [3.8, 4) is 12.3 Å². The van der Waals surface area contributed by atoms with Crippen LogP contribution < -0.4 is 11.1 Å². The molecule has 0 fully saturated rings. The van der Waals surface area contributed by atoms with Gasteiger partial charge in [0, 0.05) is 12.5 Å². The summed E-state index contributed by atoms with van der Waals surface area (Å²) in [6.07, 6.45) is 6.40. The molecular formula is C11H20N2O. The van der Waals surface area contributed by atoms with Crippen molar-refractivity contribution < 1.29 is 4.79 Å². The maximum absolute atomic E-state index is 11.4. The highest BCUT2D eigenvalue weighted by atomic mass is 16.2. The second-order valence-corrected chi connectivity index (χ2v) is 3.70. The third-order valence-corrected chi connectivity index (χ3v) is 2.54. The van der Waals surface area contributed by atoms with Gasteiger partial charge in [0.2, 0.25) is 5.91 Å². The minimum Gasteiger partial charge on any atom is -0.352 e. The summed E-state index contributed by atoms with van der Waals surface area (Å²) < 4.78 is 0. The van der Waals surface area contributed by atoms with E-state index in [0.29, 0.717) is 12.3 Å². The first-order chi connectivity index (χ1) is 6.52.